The summed E-state index contributed by atoms with van der Waals surface area (Å²) in [6.07, 6.45) is 11.4. The van der Waals surface area contributed by atoms with Gasteiger partial charge in [-0.1, -0.05) is 12.8 Å². The van der Waals surface area contributed by atoms with E-state index in [4.69, 9.17) is 0 Å². The monoisotopic (exact) mass is 254 g/mol. The topological polar surface area (TPSA) is 50.7 Å². The normalized spacial score (nSPS) is 20.0. The molecule has 0 saturated heterocycles. The smallest absolute Gasteiger partial charge is 0.156 e. The number of hydrogen-bond acceptors (Lipinski definition) is 4. The fourth-order valence-electron chi connectivity index (χ4n) is 2.97. The standard InChI is InChI=1S/C15H18N4/c1-2-4-12(3-1)19-15-14-13(17-9-18-15)7-11(8-16-14)10-5-6-10/h7-10,12H,1-6H2,(H,17,18,19). The van der Waals surface area contributed by atoms with E-state index < -0.39 is 0 Å². The molecular weight excluding hydrogens is 236 g/mol. The Hall–Kier alpha value is -1.71. The number of rotatable bonds is 3. The van der Waals surface area contributed by atoms with Gasteiger partial charge in [-0.3, -0.25) is 4.98 Å². The molecule has 4 heteroatoms. The Labute approximate surface area is 112 Å². The van der Waals surface area contributed by atoms with Crippen LogP contribution in [-0.2, 0) is 0 Å². The van der Waals surface area contributed by atoms with E-state index in [9.17, 15) is 0 Å². The maximum Gasteiger partial charge on any atom is 0.156 e. The van der Waals surface area contributed by atoms with Crippen LogP contribution in [0.3, 0.4) is 0 Å². The number of anilines is 1. The molecule has 0 amide bonds. The first-order valence-electron chi connectivity index (χ1n) is 7.27. The molecule has 0 spiro atoms. The van der Waals surface area contributed by atoms with Gasteiger partial charge < -0.3 is 5.32 Å². The predicted octanol–water partition coefficient (Wildman–Crippen LogP) is 3.26. The highest BCUT2D eigenvalue weighted by atomic mass is 15.1. The molecule has 4 rings (SSSR count). The molecule has 0 aliphatic heterocycles. The molecule has 0 unspecified atom stereocenters. The summed E-state index contributed by atoms with van der Waals surface area (Å²) in [6, 6.07) is 2.74. The van der Waals surface area contributed by atoms with Crippen molar-refractivity contribution in [2.24, 2.45) is 0 Å². The molecule has 0 radical (unpaired) electrons. The minimum absolute atomic E-state index is 0.558. The second kappa shape index (κ2) is 4.44. The summed E-state index contributed by atoms with van der Waals surface area (Å²) >= 11 is 0. The number of aromatic nitrogens is 3. The summed E-state index contributed by atoms with van der Waals surface area (Å²) in [7, 11) is 0. The van der Waals surface area contributed by atoms with Gasteiger partial charge in [-0.25, -0.2) is 9.97 Å². The maximum atomic E-state index is 4.60. The molecule has 19 heavy (non-hydrogen) atoms. The number of pyridine rings is 1. The molecule has 2 aromatic heterocycles. The van der Waals surface area contributed by atoms with Crippen LogP contribution < -0.4 is 5.32 Å². The van der Waals surface area contributed by atoms with Crippen LogP contribution >= 0.6 is 0 Å². The predicted molar refractivity (Wildman–Crippen MR) is 75.2 cm³/mol. The number of hydrogen-bond donors (Lipinski definition) is 1. The van der Waals surface area contributed by atoms with Crippen molar-refractivity contribution in [3.8, 4) is 0 Å². The van der Waals surface area contributed by atoms with Crippen LogP contribution in [0.5, 0.6) is 0 Å². The lowest BCUT2D eigenvalue weighted by atomic mass is 10.1. The van der Waals surface area contributed by atoms with E-state index in [1.807, 2.05) is 6.20 Å². The molecule has 2 aliphatic carbocycles. The van der Waals surface area contributed by atoms with Gasteiger partial charge in [0.2, 0.25) is 0 Å². The first kappa shape index (κ1) is 11.1. The van der Waals surface area contributed by atoms with Gasteiger partial charge in [-0.15, -0.1) is 0 Å². The van der Waals surface area contributed by atoms with Gasteiger partial charge >= 0.3 is 0 Å². The lowest BCUT2D eigenvalue weighted by Gasteiger charge is -2.13. The summed E-state index contributed by atoms with van der Waals surface area (Å²) in [5.74, 6) is 1.62. The molecule has 98 valence electrons. The second-order valence-corrected chi connectivity index (χ2v) is 5.76. The van der Waals surface area contributed by atoms with E-state index in [0.29, 0.717) is 6.04 Å². The third-order valence-corrected chi connectivity index (χ3v) is 4.24. The molecule has 2 aromatic rings. The molecule has 1 N–H and O–H groups in total. The highest BCUT2D eigenvalue weighted by molar-refractivity contribution is 5.85. The van der Waals surface area contributed by atoms with Gasteiger partial charge in [0.15, 0.2) is 5.82 Å². The summed E-state index contributed by atoms with van der Waals surface area (Å²) in [5.41, 5.74) is 3.22. The summed E-state index contributed by atoms with van der Waals surface area (Å²) < 4.78 is 0. The lowest BCUT2D eigenvalue weighted by molar-refractivity contribution is 0.751. The van der Waals surface area contributed by atoms with Gasteiger partial charge in [0.1, 0.15) is 11.8 Å². The quantitative estimate of drug-likeness (QED) is 0.913. The third kappa shape index (κ3) is 2.15. The summed E-state index contributed by atoms with van der Waals surface area (Å²) in [4.78, 5) is 13.3. The van der Waals surface area contributed by atoms with Crippen LogP contribution in [-0.4, -0.2) is 21.0 Å². The lowest BCUT2D eigenvalue weighted by Crippen LogP contribution is -2.16. The van der Waals surface area contributed by atoms with Crippen LogP contribution in [0.25, 0.3) is 11.0 Å². The Kier molecular flexibility index (Phi) is 2.60. The van der Waals surface area contributed by atoms with Crippen LogP contribution in [0.4, 0.5) is 5.82 Å². The number of nitrogens with zero attached hydrogens (tertiary/aromatic N) is 3. The Morgan fingerprint density at radius 1 is 1.00 bits per heavy atom. The molecule has 0 aromatic carbocycles. The molecule has 0 bridgehead atoms. The Morgan fingerprint density at radius 3 is 2.63 bits per heavy atom. The van der Waals surface area contributed by atoms with E-state index in [1.54, 1.807) is 6.33 Å². The van der Waals surface area contributed by atoms with Crippen LogP contribution in [0.2, 0.25) is 0 Å². The first-order chi connectivity index (χ1) is 9.40. The van der Waals surface area contributed by atoms with Crippen molar-refractivity contribution in [3.63, 3.8) is 0 Å². The highest BCUT2D eigenvalue weighted by Crippen LogP contribution is 2.40. The molecule has 2 heterocycles. The van der Waals surface area contributed by atoms with Crippen molar-refractivity contribution in [1.82, 2.24) is 15.0 Å². The summed E-state index contributed by atoms with van der Waals surface area (Å²) in [6.45, 7) is 0. The van der Waals surface area contributed by atoms with Crippen molar-refractivity contribution in [2.45, 2.75) is 50.5 Å². The van der Waals surface area contributed by atoms with E-state index in [0.717, 1.165) is 22.8 Å². The van der Waals surface area contributed by atoms with Crippen LogP contribution in [0.1, 0.15) is 50.0 Å². The van der Waals surface area contributed by atoms with E-state index in [2.05, 4.69) is 26.3 Å². The fourth-order valence-corrected chi connectivity index (χ4v) is 2.97. The number of nitrogens with one attached hydrogen (secondary N) is 1. The molecule has 2 fully saturated rings. The van der Waals surface area contributed by atoms with Crippen molar-refractivity contribution >= 4 is 16.9 Å². The molecule has 4 nitrogen and oxygen atoms in total. The van der Waals surface area contributed by atoms with Gasteiger partial charge in [-0.2, -0.15) is 0 Å². The zero-order chi connectivity index (χ0) is 12.7. The SMILES string of the molecule is c1nc(NC2CCCC2)c2ncc(C3CC3)cc2n1. The van der Waals surface area contributed by atoms with Gasteiger partial charge in [0.05, 0.1) is 5.52 Å². The van der Waals surface area contributed by atoms with Crippen molar-refractivity contribution in [2.75, 3.05) is 5.32 Å². The molecule has 2 aliphatic rings. The minimum Gasteiger partial charge on any atom is -0.365 e. The van der Waals surface area contributed by atoms with Crippen molar-refractivity contribution in [3.05, 3.63) is 24.2 Å². The van der Waals surface area contributed by atoms with Crippen molar-refractivity contribution in [1.29, 1.82) is 0 Å². The van der Waals surface area contributed by atoms with Gasteiger partial charge in [-0.05, 0) is 43.2 Å². The van der Waals surface area contributed by atoms with Crippen LogP contribution in [0.15, 0.2) is 18.6 Å². The van der Waals surface area contributed by atoms with Gasteiger partial charge in [0, 0.05) is 12.2 Å². The van der Waals surface area contributed by atoms with E-state index in [-0.39, 0.29) is 0 Å². The van der Waals surface area contributed by atoms with E-state index >= 15 is 0 Å². The van der Waals surface area contributed by atoms with Gasteiger partial charge in [0.25, 0.3) is 0 Å². The second-order valence-electron chi connectivity index (χ2n) is 5.76. The van der Waals surface area contributed by atoms with Crippen LogP contribution in [0, 0.1) is 0 Å². The summed E-state index contributed by atoms with van der Waals surface area (Å²) in [5, 5.41) is 3.53. The zero-order valence-corrected chi connectivity index (χ0v) is 11.0. The highest BCUT2D eigenvalue weighted by Gasteiger charge is 2.24. The largest absolute Gasteiger partial charge is 0.365 e. The number of fused-ring (bicyclic) bond motifs is 1. The van der Waals surface area contributed by atoms with Crippen molar-refractivity contribution < 1.29 is 0 Å². The molecular formula is C15H18N4. The zero-order valence-electron chi connectivity index (χ0n) is 11.0. The minimum atomic E-state index is 0.558. The third-order valence-electron chi connectivity index (χ3n) is 4.24. The maximum absolute atomic E-state index is 4.60. The van der Waals surface area contributed by atoms with E-state index in [1.165, 1.54) is 44.1 Å². The average molecular weight is 254 g/mol. The fraction of sp³-hybridized carbons (Fsp3) is 0.533. The average Bonchev–Trinajstić information content (AvgIpc) is 3.17. The Morgan fingerprint density at radius 2 is 1.84 bits per heavy atom. The Balaban J connectivity index is 1.69. The molecule has 0 atom stereocenters. The Bertz CT molecular complexity index is 600. The first-order valence-corrected chi connectivity index (χ1v) is 7.27. The molecule has 2 saturated carbocycles.